The van der Waals surface area contributed by atoms with Crippen molar-refractivity contribution < 1.29 is 32.8 Å². The predicted molar refractivity (Wildman–Crippen MR) is 90.4 cm³/mol. The molecule has 0 heterocycles. The lowest BCUT2D eigenvalue weighted by Gasteiger charge is -2.13. The molecule has 0 aliphatic heterocycles. The minimum atomic E-state index is -2.99. The summed E-state index contributed by atoms with van der Waals surface area (Å²) in [5.74, 6) is -1.75. The first-order chi connectivity index (χ1) is 12.7. The fourth-order valence-electron chi connectivity index (χ4n) is 2.10. The highest BCUT2D eigenvalue weighted by Crippen LogP contribution is 2.24. The maximum Gasteiger partial charge on any atom is 0.387 e. The molecule has 2 aromatic carbocycles. The van der Waals surface area contributed by atoms with E-state index < -0.39 is 29.4 Å². The number of rotatable bonds is 7. The molecule has 0 aliphatic rings. The molecule has 0 unspecified atom stereocenters. The zero-order valence-electron chi connectivity index (χ0n) is 13.7. The van der Waals surface area contributed by atoms with Crippen molar-refractivity contribution in [1.82, 2.24) is 0 Å². The summed E-state index contributed by atoms with van der Waals surface area (Å²) >= 11 is 5.85. The number of hydrogen-bond acceptors (Lipinski definition) is 6. The van der Waals surface area contributed by atoms with Crippen molar-refractivity contribution in [3.63, 3.8) is 0 Å². The van der Waals surface area contributed by atoms with Crippen molar-refractivity contribution >= 4 is 29.0 Å². The van der Waals surface area contributed by atoms with Gasteiger partial charge < -0.3 is 9.47 Å². The SMILES string of the molecule is C[C@@H](OC(=O)c1cc([N+](=O)[O-])ccc1Cl)C(=O)c1ccc(OC(F)F)cc1. The Balaban J connectivity index is 2.11. The summed E-state index contributed by atoms with van der Waals surface area (Å²) in [4.78, 5) is 34.6. The molecule has 2 aromatic rings. The van der Waals surface area contributed by atoms with E-state index in [-0.39, 0.29) is 27.6 Å². The van der Waals surface area contributed by atoms with Gasteiger partial charge in [0.15, 0.2) is 6.10 Å². The van der Waals surface area contributed by atoms with Gasteiger partial charge in [-0.2, -0.15) is 8.78 Å². The molecule has 0 radical (unpaired) electrons. The van der Waals surface area contributed by atoms with Gasteiger partial charge in [0.25, 0.3) is 5.69 Å². The number of carbonyl (C=O) groups excluding carboxylic acids is 2. The second-order valence-corrected chi connectivity index (χ2v) is 5.64. The van der Waals surface area contributed by atoms with Crippen LogP contribution in [-0.2, 0) is 4.74 Å². The highest BCUT2D eigenvalue weighted by atomic mass is 35.5. The van der Waals surface area contributed by atoms with Gasteiger partial charge >= 0.3 is 12.6 Å². The average Bonchev–Trinajstić information content (AvgIpc) is 2.61. The third-order valence-corrected chi connectivity index (χ3v) is 3.73. The second kappa shape index (κ2) is 8.54. The average molecular weight is 400 g/mol. The zero-order valence-corrected chi connectivity index (χ0v) is 14.5. The highest BCUT2D eigenvalue weighted by molar-refractivity contribution is 6.33. The largest absolute Gasteiger partial charge is 0.451 e. The number of carbonyl (C=O) groups is 2. The van der Waals surface area contributed by atoms with E-state index in [0.717, 1.165) is 12.1 Å². The van der Waals surface area contributed by atoms with Crippen molar-refractivity contribution in [2.75, 3.05) is 0 Å². The number of benzene rings is 2. The van der Waals surface area contributed by atoms with Gasteiger partial charge in [0.2, 0.25) is 5.78 Å². The van der Waals surface area contributed by atoms with E-state index in [4.69, 9.17) is 16.3 Å². The molecule has 7 nitrogen and oxygen atoms in total. The number of nitro benzene ring substituents is 1. The number of alkyl halides is 2. The first kappa shape index (κ1) is 20.2. The number of halogens is 3. The molecule has 0 saturated heterocycles. The minimum absolute atomic E-state index is 0.0706. The standard InChI is InChI=1S/C17H12ClF2NO6/c1-9(15(22)10-2-5-12(6-3-10)27-17(19)20)26-16(23)13-8-11(21(24)25)4-7-14(13)18/h2-9,17H,1H3/t9-/m1/s1. The Bertz CT molecular complexity index is 872. The van der Waals surface area contributed by atoms with Crippen LogP contribution in [0.25, 0.3) is 0 Å². The Morgan fingerprint density at radius 2 is 1.78 bits per heavy atom. The summed E-state index contributed by atoms with van der Waals surface area (Å²) in [6.07, 6.45) is -1.24. The lowest BCUT2D eigenvalue weighted by molar-refractivity contribution is -0.384. The number of nitro groups is 1. The van der Waals surface area contributed by atoms with E-state index in [1.165, 1.54) is 37.3 Å². The summed E-state index contributed by atoms with van der Waals surface area (Å²) in [6.45, 7) is -1.69. The van der Waals surface area contributed by atoms with Crippen molar-refractivity contribution in [1.29, 1.82) is 0 Å². The second-order valence-electron chi connectivity index (χ2n) is 5.24. The van der Waals surface area contributed by atoms with Crippen LogP contribution in [0.4, 0.5) is 14.5 Å². The van der Waals surface area contributed by atoms with E-state index in [1.807, 2.05) is 0 Å². The molecule has 0 aliphatic carbocycles. The maximum atomic E-state index is 12.3. The predicted octanol–water partition coefficient (Wildman–Crippen LogP) is 4.28. The van der Waals surface area contributed by atoms with Gasteiger partial charge in [-0.05, 0) is 37.3 Å². The molecule has 142 valence electrons. The summed E-state index contributed by atoms with van der Waals surface area (Å²) in [5.41, 5.74) is -0.520. The third kappa shape index (κ3) is 5.20. The molecule has 10 heteroatoms. The van der Waals surface area contributed by atoms with Crippen LogP contribution < -0.4 is 4.74 Å². The number of Topliss-reactive ketones (excluding diaryl/α,β-unsaturated/α-hetero) is 1. The lowest BCUT2D eigenvalue weighted by atomic mass is 10.1. The van der Waals surface area contributed by atoms with E-state index in [0.29, 0.717) is 0 Å². The Hall–Kier alpha value is -3.07. The van der Waals surface area contributed by atoms with Crippen LogP contribution in [-0.4, -0.2) is 29.4 Å². The van der Waals surface area contributed by atoms with Gasteiger partial charge in [0.1, 0.15) is 5.75 Å². The van der Waals surface area contributed by atoms with Crippen LogP contribution in [0.5, 0.6) is 5.75 Å². The number of ether oxygens (including phenoxy) is 2. The van der Waals surface area contributed by atoms with E-state index in [1.54, 1.807) is 0 Å². The normalized spacial score (nSPS) is 11.7. The van der Waals surface area contributed by atoms with Gasteiger partial charge in [-0.25, -0.2) is 4.79 Å². The van der Waals surface area contributed by atoms with Crippen LogP contribution in [0.2, 0.25) is 5.02 Å². The van der Waals surface area contributed by atoms with Crippen LogP contribution >= 0.6 is 11.6 Å². The Labute approximate surface area is 156 Å². The smallest absolute Gasteiger partial charge is 0.387 e. The van der Waals surface area contributed by atoms with Crippen molar-refractivity contribution in [2.45, 2.75) is 19.6 Å². The van der Waals surface area contributed by atoms with Crippen LogP contribution in [0.3, 0.4) is 0 Å². The summed E-state index contributed by atoms with van der Waals surface area (Å²) in [7, 11) is 0. The van der Waals surface area contributed by atoms with Crippen molar-refractivity contribution in [2.24, 2.45) is 0 Å². The van der Waals surface area contributed by atoms with Crippen molar-refractivity contribution in [3.05, 3.63) is 68.7 Å². The molecular weight excluding hydrogens is 388 g/mol. The molecule has 0 aromatic heterocycles. The number of non-ortho nitro benzene ring substituents is 1. The third-order valence-electron chi connectivity index (χ3n) is 3.40. The van der Waals surface area contributed by atoms with E-state index in [9.17, 15) is 28.5 Å². The fraction of sp³-hybridized carbons (Fsp3) is 0.176. The van der Waals surface area contributed by atoms with Gasteiger partial charge in [0, 0.05) is 17.7 Å². The molecule has 27 heavy (non-hydrogen) atoms. The number of ketones is 1. The number of hydrogen-bond donors (Lipinski definition) is 0. The van der Waals surface area contributed by atoms with Gasteiger partial charge in [0.05, 0.1) is 15.5 Å². The molecule has 1 atom stereocenters. The Morgan fingerprint density at radius 3 is 2.33 bits per heavy atom. The maximum absolute atomic E-state index is 12.3. The highest BCUT2D eigenvalue weighted by Gasteiger charge is 2.23. The first-order valence-electron chi connectivity index (χ1n) is 7.43. The number of esters is 1. The quantitative estimate of drug-likeness (QED) is 0.298. The molecule has 0 amide bonds. The minimum Gasteiger partial charge on any atom is -0.451 e. The summed E-state index contributed by atoms with van der Waals surface area (Å²) < 4.78 is 33.4. The number of nitrogens with zero attached hydrogens (tertiary/aromatic N) is 1. The molecule has 2 rings (SSSR count). The Kier molecular flexibility index (Phi) is 6.40. The Morgan fingerprint density at radius 1 is 1.15 bits per heavy atom. The molecule has 0 bridgehead atoms. The van der Waals surface area contributed by atoms with Crippen LogP contribution in [0, 0.1) is 10.1 Å². The van der Waals surface area contributed by atoms with Gasteiger partial charge in [-0.1, -0.05) is 11.6 Å². The molecular formula is C17H12ClF2NO6. The fourth-order valence-corrected chi connectivity index (χ4v) is 2.29. The van der Waals surface area contributed by atoms with Gasteiger partial charge in [-0.15, -0.1) is 0 Å². The summed E-state index contributed by atoms with van der Waals surface area (Å²) in [5, 5.41) is 10.7. The first-order valence-corrected chi connectivity index (χ1v) is 7.81. The van der Waals surface area contributed by atoms with Crippen LogP contribution in [0.15, 0.2) is 42.5 Å². The lowest BCUT2D eigenvalue weighted by Crippen LogP contribution is -2.24. The van der Waals surface area contributed by atoms with Crippen LogP contribution in [0.1, 0.15) is 27.6 Å². The van der Waals surface area contributed by atoms with Gasteiger partial charge in [-0.3, -0.25) is 14.9 Å². The zero-order chi connectivity index (χ0) is 20.1. The monoisotopic (exact) mass is 399 g/mol. The van der Waals surface area contributed by atoms with E-state index in [2.05, 4.69) is 4.74 Å². The molecule has 0 fully saturated rings. The topological polar surface area (TPSA) is 95.7 Å². The summed E-state index contributed by atoms with van der Waals surface area (Å²) in [6, 6.07) is 8.06. The molecule has 0 saturated carbocycles. The molecule has 0 N–H and O–H groups in total. The molecule has 0 spiro atoms. The van der Waals surface area contributed by atoms with E-state index >= 15 is 0 Å². The van der Waals surface area contributed by atoms with Crippen molar-refractivity contribution in [3.8, 4) is 5.75 Å².